The fourth-order valence-corrected chi connectivity index (χ4v) is 3.92. The molecule has 1 heterocycles. The van der Waals surface area contributed by atoms with Gasteiger partial charge in [-0.25, -0.2) is 0 Å². The van der Waals surface area contributed by atoms with E-state index in [0.29, 0.717) is 5.92 Å². The lowest BCUT2D eigenvalue weighted by Gasteiger charge is -2.13. The van der Waals surface area contributed by atoms with Crippen molar-refractivity contribution in [1.82, 2.24) is 9.78 Å². The smallest absolute Gasteiger partial charge is 0.0629 e. The van der Waals surface area contributed by atoms with Crippen LogP contribution in [0, 0.1) is 17.8 Å². The first-order valence-corrected chi connectivity index (χ1v) is 7.48. The number of fused-ring (bicyclic) bond motifs is 1. The van der Waals surface area contributed by atoms with E-state index in [1.54, 1.807) is 0 Å². The van der Waals surface area contributed by atoms with E-state index in [2.05, 4.69) is 29.7 Å². The van der Waals surface area contributed by atoms with Gasteiger partial charge >= 0.3 is 0 Å². The lowest BCUT2D eigenvalue weighted by molar-refractivity contribution is 0.133. The molecule has 2 saturated carbocycles. The van der Waals surface area contributed by atoms with Crippen molar-refractivity contribution >= 4 is 0 Å². The Morgan fingerprint density at radius 1 is 1.39 bits per heavy atom. The number of nitrogens with zero attached hydrogens (tertiary/aromatic N) is 2. The second-order valence-electron chi connectivity index (χ2n) is 5.90. The van der Waals surface area contributed by atoms with Crippen LogP contribution >= 0.6 is 0 Å². The maximum atomic E-state index is 10.4. The van der Waals surface area contributed by atoms with E-state index >= 15 is 0 Å². The van der Waals surface area contributed by atoms with Crippen molar-refractivity contribution in [2.45, 2.75) is 58.6 Å². The Balaban J connectivity index is 1.66. The molecule has 0 spiro atoms. The first-order chi connectivity index (χ1) is 8.74. The van der Waals surface area contributed by atoms with E-state index in [1.807, 2.05) is 0 Å². The SMILES string of the molecule is CCc1cc(CC(O)C2C3CCCC32)n(CC)n1. The summed E-state index contributed by atoms with van der Waals surface area (Å²) < 4.78 is 2.06. The first-order valence-electron chi connectivity index (χ1n) is 7.48. The molecular weight excluding hydrogens is 224 g/mol. The highest BCUT2D eigenvalue weighted by molar-refractivity contribution is 5.14. The monoisotopic (exact) mass is 248 g/mol. The maximum absolute atomic E-state index is 10.4. The molecule has 2 aliphatic rings. The van der Waals surface area contributed by atoms with E-state index in [4.69, 9.17) is 0 Å². The summed E-state index contributed by atoms with van der Waals surface area (Å²) >= 11 is 0. The first kappa shape index (κ1) is 12.2. The van der Waals surface area contributed by atoms with Gasteiger partial charge in [-0.05, 0) is 50.0 Å². The molecule has 3 rings (SSSR count). The van der Waals surface area contributed by atoms with Crippen molar-refractivity contribution in [1.29, 1.82) is 0 Å². The number of hydrogen-bond acceptors (Lipinski definition) is 2. The summed E-state index contributed by atoms with van der Waals surface area (Å²) in [5.74, 6) is 2.26. The lowest BCUT2D eigenvalue weighted by Crippen LogP contribution is -2.18. The zero-order valence-electron chi connectivity index (χ0n) is 11.5. The minimum atomic E-state index is -0.146. The molecule has 3 atom stereocenters. The average Bonchev–Trinajstić information content (AvgIpc) is 2.77. The van der Waals surface area contributed by atoms with Crippen LogP contribution in [0.3, 0.4) is 0 Å². The largest absolute Gasteiger partial charge is 0.392 e. The molecule has 0 radical (unpaired) electrons. The Morgan fingerprint density at radius 2 is 2.11 bits per heavy atom. The van der Waals surface area contributed by atoms with E-state index in [9.17, 15) is 5.11 Å². The Bertz CT molecular complexity index is 416. The van der Waals surface area contributed by atoms with Crippen LogP contribution in [0.1, 0.15) is 44.5 Å². The molecule has 2 aliphatic carbocycles. The molecular formula is C15H24N2O. The predicted octanol–water partition coefficient (Wildman–Crippen LogP) is 2.41. The lowest BCUT2D eigenvalue weighted by atomic mass is 10.0. The molecule has 18 heavy (non-hydrogen) atoms. The van der Waals surface area contributed by atoms with Crippen molar-refractivity contribution in [3.63, 3.8) is 0 Å². The van der Waals surface area contributed by atoms with E-state index in [-0.39, 0.29) is 6.10 Å². The topological polar surface area (TPSA) is 38.0 Å². The van der Waals surface area contributed by atoms with Crippen molar-refractivity contribution in [2.24, 2.45) is 17.8 Å². The Morgan fingerprint density at radius 3 is 2.72 bits per heavy atom. The molecule has 1 N–H and O–H groups in total. The quantitative estimate of drug-likeness (QED) is 0.869. The van der Waals surface area contributed by atoms with Gasteiger partial charge in [-0.15, -0.1) is 0 Å². The molecule has 0 saturated heterocycles. The molecule has 0 amide bonds. The van der Waals surface area contributed by atoms with Crippen LogP contribution < -0.4 is 0 Å². The highest BCUT2D eigenvalue weighted by Gasteiger charge is 2.55. The number of rotatable bonds is 5. The third-order valence-electron chi connectivity index (χ3n) is 4.91. The van der Waals surface area contributed by atoms with Gasteiger partial charge in [0.2, 0.25) is 0 Å². The van der Waals surface area contributed by atoms with Gasteiger partial charge in [-0.1, -0.05) is 13.3 Å². The minimum Gasteiger partial charge on any atom is -0.392 e. The molecule has 0 bridgehead atoms. The standard InChI is InChI=1S/C15H24N2O/c1-3-10-8-11(17(4-2)16-10)9-14(18)15-12-6-5-7-13(12)15/h8,12-15,18H,3-7,9H2,1-2H3. The normalized spacial score (nSPS) is 31.4. The van der Waals surface area contributed by atoms with Crippen LogP contribution in [-0.4, -0.2) is 21.0 Å². The fraction of sp³-hybridized carbons (Fsp3) is 0.800. The van der Waals surface area contributed by atoms with Gasteiger partial charge in [-0.2, -0.15) is 5.10 Å². The predicted molar refractivity (Wildman–Crippen MR) is 71.3 cm³/mol. The summed E-state index contributed by atoms with van der Waals surface area (Å²) in [7, 11) is 0. The molecule has 100 valence electrons. The Kier molecular flexibility index (Phi) is 3.18. The summed E-state index contributed by atoms with van der Waals surface area (Å²) in [6.45, 7) is 5.15. The summed E-state index contributed by atoms with van der Waals surface area (Å²) in [6.07, 6.45) is 5.69. The summed E-state index contributed by atoms with van der Waals surface area (Å²) in [6, 6.07) is 2.17. The van der Waals surface area contributed by atoms with Gasteiger partial charge in [0.15, 0.2) is 0 Å². The van der Waals surface area contributed by atoms with Crippen molar-refractivity contribution in [2.75, 3.05) is 0 Å². The third-order valence-corrected chi connectivity index (χ3v) is 4.91. The van der Waals surface area contributed by atoms with Crippen LogP contribution in [0.5, 0.6) is 0 Å². The van der Waals surface area contributed by atoms with Gasteiger partial charge in [0.1, 0.15) is 0 Å². The second kappa shape index (κ2) is 4.69. The fourth-order valence-electron chi connectivity index (χ4n) is 3.92. The molecule has 3 heteroatoms. The van der Waals surface area contributed by atoms with Gasteiger partial charge in [0, 0.05) is 18.7 Å². The number of aliphatic hydroxyl groups excluding tert-OH is 1. The van der Waals surface area contributed by atoms with Crippen LogP contribution in [-0.2, 0) is 19.4 Å². The molecule has 1 aromatic rings. The van der Waals surface area contributed by atoms with Crippen molar-refractivity contribution in [3.8, 4) is 0 Å². The number of hydrogen-bond donors (Lipinski definition) is 1. The third kappa shape index (κ3) is 1.99. The summed E-state index contributed by atoms with van der Waals surface area (Å²) in [4.78, 5) is 0. The van der Waals surface area contributed by atoms with E-state index in [0.717, 1.165) is 36.9 Å². The molecule has 3 unspecified atom stereocenters. The van der Waals surface area contributed by atoms with Crippen molar-refractivity contribution in [3.05, 3.63) is 17.5 Å². The molecule has 3 nitrogen and oxygen atoms in total. The number of aryl methyl sites for hydroxylation is 2. The Hall–Kier alpha value is -0.830. The average molecular weight is 248 g/mol. The van der Waals surface area contributed by atoms with Crippen LogP contribution in [0.25, 0.3) is 0 Å². The second-order valence-corrected chi connectivity index (χ2v) is 5.90. The summed E-state index contributed by atoms with van der Waals surface area (Å²) in [5, 5.41) is 15.0. The highest BCUT2D eigenvalue weighted by Crippen LogP contribution is 2.59. The van der Waals surface area contributed by atoms with Crippen LogP contribution in [0.15, 0.2) is 6.07 Å². The number of aliphatic hydroxyl groups is 1. The number of aromatic nitrogens is 2. The van der Waals surface area contributed by atoms with E-state index < -0.39 is 0 Å². The van der Waals surface area contributed by atoms with Gasteiger partial charge in [0.25, 0.3) is 0 Å². The molecule has 1 aromatic heterocycles. The zero-order valence-corrected chi connectivity index (χ0v) is 11.5. The van der Waals surface area contributed by atoms with Crippen molar-refractivity contribution < 1.29 is 5.11 Å². The maximum Gasteiger partial charge on any atom is 0.0629 e. The Labute approximate surface area is 109 Å². The van der Waals surface area contributed by atoms with E-state index in [1.165, 1.54) is 25.0 Å². The van der Waals surface area contributed by atoms with Gasteiger partial charge in [0.05, 0.1) is 11.8 Å². The zero-order chi connectivity index (χ0) is 12.7. The van der Waals surface area contributed by atoms with Crippen LogP contribution in [0.2, 0.25) is 0 Å². The van der Waals surface area contributed by atoms with Crippen LogP contribution in [0.4, 0.5) is 0 Å². The highest BCUT2D eigenvalue weighted by atomic mass is 16.3. The minimum absolute atomic E-state index is 0.146. The summed E-state index contributed by atoms with van der Waals surface area (Å²) in [5.41, 5.74) is 2.36. The molecule has 0 aromatic carbocycles. The molecule has 2 fully saturated rings. The van der Waals surface area contributed by atoms with Gasteiger partial charge in [-0.3, -0.25) is 4.68 Å². The van der Waals surface area contributed by atoms with Gasteiger partial charge < -0.3 is 5.11 Å². The molecule has 0 aliphatic heterocycles.